The molecule has 0 aromatic heterocycles. The molecule has 1 fully saturated rings. The minimum Gasteiger partial charge on any atom is -0.459 e. The molecule has 4 unspecified atom stereocenters. The van der Waals surface area contributed by atoms with Crippen molar-refractivity contribution in [2.24, 2.45) is 17.6 Å². The van der Waals surface area contributed by atoms with Gasteiger partial charge in [0, 0.05) is 11.3 Å². The molecule has 0 saturated heterocycles. The average Bonchev–Trinajstić information content (AvgIpc) is 2.12. The molecule has 2 N–H and O–H groups in total. The summed E-state index contributed by atoms with van der Waals surface area (Å²) in [7, 11) is 0. The van der Waals surface area contributed by atoms with Gasteiger partial charge in [-0.2, -0.15) is 0 Å². The molecule has 4 heteroatoms. The predicted molar refractivity (Wildman–Crippen MR) is 77.6 cm³/mol. The molecular weight excluding hydrogens is 246 g/mol. The van der Waals surface area contributed by atoms with Crippen molar-refractivity contribution < 1.29 is 9.53 Å². The van der Waals surface area contributed by atoms with E-state index in [1.54, 1.807) is 11.8 Å². The first-order chi connectivity index (χ1) is 8.19. The quantitative estimate of drug-likeness (QED) is 0.803. The highest BCUT2D eigenvalue weighted by Crippen LogP contribution is 2.35. The minimum absolute atomic E-state index is 0.134. The highest BCUT2D eigenvalue weighted by atomic mass is 32.2. The summed E-state index contributed by atoms with van der Waals surface area (Å²) in [4.78, 5) is 11.7. The summed E-state index contributed by atoms with van der Waals surface area (Å²) in [5.74, 6) is 1.56. The van der Waals surface area contributed by atoms with Crippen LogP contribution in [-0.4, -0.2) is 28.6 Å². The molecule has 1 saturated carbocycles. The van der Waals surface area contributed by atoms with Crippen molar-refractivity contribution in [1.29, 1.82) is 0 Å². The SMILES string of the molecule is CC1CC(C)C(SCC(=O)OC(C)(C)C)C(N)C1. The summed E-state index contributed by atoms with van der Waals surface area (Å²) in [6.07, 6.45) is 2.27. The fraction of sp³-hybridized carbons (Fsp3) is 0.929. The Morgan fingerprint density at radius 2 is 1.94 bits per heavy atom. The minimum atomic E-state index is -0.396. The van der Waals surface area contributed by atoms with Crippen LogP contribution < -0.4 is 5.73 Å². The number of hydrogen-bond donors (Lipinski definition) is 1. The van der Waals surface area contributed by atoms with Gasteiger partial charge in [0.05, 0.1) is 5.75 Å². The monoisotopic (exact) mass is 273 g/mol. The molecule has 0 aliphatic heterocycles. The van der Waals surface area contributed by atoms with Gasteiger partial charge in [-0.05, 0) is 45.4 Å². The number of hydrogen-bond acceptors (Lipinski definition) is 4. The van der Waals surface area contributed by atoms with Crippen molar-refractivity contribution in [3.8, 4) is 0 Å². The smallest absolute Gasteiger partial charge is 0.316 e. The lowest BCUT2D eigenvalue weighted by molar-refractivity contribution is -0.151. The Balaban J connectivity index is 2.40. The standard InChI is InChI=1S/C14H27NO2S/c1-9-6-10(2)13(11(15)7-9)18-8-12(16)17-14(3,4)5/h9-11,13H,6-8,15H2,1-5H3. The number of thioether (sulfide) groups is 1. The van der Waals surface area contributed by atoms with Gasteiger partial charge in [-0.15, -0.1) is 11.8 Å². The van der Waals surface area contributed by atoms with E-state index in [1.165, 1.54) is 6.42 Å². The van der Waals surface area contributed by atoms with Crippen molar-refractivity contribution in [2.75, 3.05) is 5.75 Å². The number of rotatable bonds is 3. The zero-order chi connectivity index (χ0) is 13.9. The Labute approximate surface area is 115 Å². The largest absolute Gasteiger partial charge is 0.459 e. The Morgan fingerprint density at radius 3 is 2.44 bits per heavy atom. The van der Waals surface area contributed by atoms with Crippen molar-refractivity contribution in [1.82, 2.24) is 0 Å². The molecule has 0 aromatic rings. The third-order valence-electron chi connectivity index (χ3n) is 3.25. The summed E-state index contributed by atoms with van der Waals surface area (Å²) in [6.45, 7) is 10.2. The Kier molecular flexibility index (Phi) is 5.53. The molecule has 0 amide bonds. The Bertz CT molecular complexity index is 276. The van der Waals surface area contributed by atoms with Gasteiger partial charge >= 0.3 is 5.97 Å². The van der Waals surface area contributed by atoms with Crippen LogP contribution in [0.2, 0.25) is 0 Å². The maximum Gasteiger partial charge on any atom is 0.316 e. The first-order valence-electron chi connectivity index (χ1n) is 6.78. The average molecular weight is 273 g/mol. The molecule has 4 atom stereocenters. The lowest BCUT2D eigenvalue weighted by Gasteiger charge is -2.37. The maximum atomic E-state index is 11.7. The fourth-order valence-corrected chi connectivity index (χ4v) is 3.89. The number of ether oxygens (including phenoxy) is 1. The number of nitrogens with two attached hydrogens (primary N) is 1. The number of carbonyl (C=O) groups excluding carboxylic acids is 1. The Hall–Kier alpha value is -0.220. The third kappa shape index (κ3) is 5.19. The van der Waals surface area contributed by atoms with Crippen molar-refractivity contribution in [3.63, 3.8) is 0 Å². The summed E-state index contributed by atoms with van der Waals surface area (Å²) in [6, 6.07) is 0.205. The molecule has 106 valence electrons. The lowest BCUT2D eigenvalue weighted by atomic mass is 9.80. The first kappa shape index (κ1) is 15.8. The molecule has 0 bridgehead atoms. The predicted octanol–water partition coefficient (Wildman–Crippen LogP) is 2.82. The molecule has 0 radical (unpaired) electrons. The maximum absolute atomic E-state index is 11.7. The lowest BCUT2D eigenvalue weighted by Crippen LogP contribution is -2.43. The number of esters is 1. The van der Waals surface area contributed by atoms with E-state index in [2.05, 4.69) is 13.8 Å². The van der Waals surface area contributed by atoms with E-state index in [4.69, 9.17) is 10.5 Å². The van der Waals surface area contributed by atoms with Crippen LogP contribution >= 0.6 is 11.8 Å². The van der Waals surface area contributed by atoms with Crippen molar-refractivity contribution >= 4 is 17.7 Å². The van der Waals surface area contributed by atoms with Crippen LogP contribution in [0.1, 0.15) is 47.5 Å². The van der Waals surface area contributed by atoms with Crippen LogP contribution in [0.5, 0.6) is 0 Å². The van der Waals surface area contributed by atoms with Gasteiger partial charge in [0.1, 0.15) is 5.60 Å². The van der Waals surface area contributed by atoms with E-state index in [1.807, 2.05) is 20.8 Å². The summed E-state index contributed by atoms with van der Waals surface area (Å²) < 4.78 is 5.32. The first-order valence-corrected chi connectivity index (χ1v) is 7.83. The van der Waals surface area contributed by atoms with E-state index >= 15 is 0 Å². The molecule has 1 aliphatic carbocycles. The van der Waals surface area contributed by atoms with Gasteiger partial charge < -0.3 is 10.5 Å². The second kappa shape index (κ2) is 6.29. The molecule has 18 heavy (non-hydrogen) atoms. The second-order valence-corrected chi connectivity index (χ2v) is 7.75. The van der Waals surface area contributed by atoms with Crippen LogP contribution in [-0.2, 0) is 9.53 Å². The van der Waals surface area contributed by atoms with Gasteiger partial charge in [-0.1, -0.05) is 13.8 Å². The molecule has 0 spiro atoms. The van der Waals surface area contributed by atoms with Crippen LogP contribution in [0.25, 0.3) is 0 Å². The van der Waals surface area contributed by atoms with Crippen LogP contribution in [0, 0.1) is 11.8 Å². The third-order valence-corrected chi connectivity index (χ3v) is 4.85. The van der Waals surface area contributed by atoms with Gasteiger partial charge in [0.25, 0.3) is 0 Å². The number of carbonyl (C=O) groups is 1. The van der Waals surface area contributed by atoms with E-state index in [-0.39, 0.29) is 12.0 Å². The topological polar surface area (TPSA) is 52.3 Å². The second-order valence-electron chi connectivity index (χ2n) is 6.58. The van der Waals surface area contributed by atoms with E-state index in [0.717, 1.165) is 6.42 Å². The van der Waals surface area contributed by atoms with Crippen molar-refractivity contribution in [3.05, 3.63) is 0 Å². The Morgan fingerprint density at radius 1 is 1.33 bits per heavy atom. The van der Waals surface area contributed by atoms with Gasteiger partial charge in [0.15, 0.2) is 0 Å². The van der Waals surface area contributed by atoms with Crippen molar-refractivity contribution in [2.45, 2.75) is 64.4 Å². The molecule has 1 aliphatic rings. The zero-order valence-corrected chi connectivity index (χ0v) is 13.0. The highest BCUT2D eigenvalue weighted by molar-refractivity contribution is 8.00. The fourth-order valence-electron chi connectivity index (χ4n) is 2.71. The molecule has 0 aromatic carbocycles. The van der Waals surface area contributed by atoms with Gasteiger partial charge in [-0.25, -0.2) is 0 Å². The highest BCUT2D eigenvalue weighted by Gasteiger charge is 2.32. The molecular formula is C14H27NO2S. The zero-order valence-electron chi connectivity index (χ0n) is 12.2. The van der Waals surface area contributed by atoms with Crippen LogP contribution in [0.4, 0.5) is 0 Å². The molecule has 0 heterocycles. The molecule has 1 rings (SSSR count). The normalized spacial score (nSPS) is 33.2. The van der Waals surface area contributed by atoms with Crippen LogP contribution in [0.3, 0.4) is 0 Å². The van der Waals surface area contributed by atoms with E-state index < -0.39 is 5.60 Å². The van der Waals surface area contributed by atoms with Gasteiger partial charge in [0.2, 0.25) is 0 Å². The summed E-state index contributed by atoms with van der Waals surface area (Å²) in [5.41, 5.74) is 5.80. The van der Waals surface area contributed by atoms with E-state index in [9.17, 15) is 4.79 Å². The molecule has 3 nitrogen and oxygen atoms in total. The van der Waals surface area contributed by atoms with Gasteiger partial charge in [-0.3, -0.25) is 4.79 Å². The van der Waals surface area contributed by atoms with Crippen LogP contribution in [0.15, 0.2) is 0 Å². The van der Waals surface area contributed by atoms with E-state index in [0.29, 0.717) is 22.8 Å². The summed E-state index contributed by atoms with van der Waals surface area (Å²) >= 11 is 1.66. The summed E-state index contributed by atoms with van der Waals surface area (Å²) in [5, 5.41) is 0.383.